The van der Waals surface area contributed by atoms with Crippen molar-refractivity contribution in [1.29, 1.82) is 0 Å². The molecule has 1 aliphatic heterocycles. The molecule has 2 heterocycles. The van der Waals surface area contributed by atoms with Crippen LogP contribution in [-0.2, 0) is 30.9 Å². The fourth-order valence-corrected chi connectivity index (χ4v) is 4.38. The molecule has 1 aromatic heterocycles. The van der Waals surface area contributed by atoms with Gasteiger partial charge in [0.15, 0.2) is 0 Å². The molecule has 5 nitrogen and oxygen atoms in total. The van der Waals surface area contributed by atoms with Crippen molar-refractivity contribution in [3.8, 4) is 5.75 Å². The van der Waals surface area contributed by atoms with E-state index in [9.17, 15) is 18.0 Å². The number of nitrogens with one attached hydrogen (secondary N) is 1. The van der Waals surface area contributed by atoms with Crippen molar-refractivity contribution in [2.45, 2.75) is 19.0 Å². The first kappa shape index (κ1) is 24.6. The number of carbonyl (C=O) groups is 1. The zero-order valence-corrected chi connectivity index (χ0v) is 19.7. The van der Waals surface area contributed by atoms with E-state index in [1.165, 1.54) is 16.7 Å². The maximum atomic E-state index is 13.8. The van der Waals surface area contributed by atoms with Gasteiger partial charge in [0.2, 0.25) is 0 Å². The Morgan fingerprint density at radius 1 is 1.03 bits per heavy atom. The van der Waals surface area contributed by atoms with Crippen LogP contribution >= 0.6 is 0 Å². The van der Waals surface area contributed by atoms with Crippen LogP contribution in [0.3, 0.4) is 0 Å². The monoisotopic (exact) mass is 483 g/mol. The Bertz CT molecular complexity index is 1210. The number of methoxy groups -OCH3 is 1. The van der Waals surface area contributed by atoms with Crippen molar-refractivity contribution in [3.63, 3.8) is 0 Å². The molecule has 1 amide bonds. The second-order valence-corrected chi connectivity index (χ2v) is 8.42. The molecule has 184 valence electrons. The van der Waals surface area contributed by atoms with Gasteiger partial charge in [-0.05, 0) is 53.9 Å². The van der Waals surface area contributed by atoms with Crippen LogP contribution in [0.4, 0.5) is 18.9 Å². The lowest BCUT2D eigenvalue weighted by Crippen LogP contribution is -2.38. The van der Waals surface area contributed by atoms with Crippen LogP contribution in [0.25, 0.3) is 5.57 Å². The average Bonchev–Trinajstić information content (AvgIpc) is 3.19. The third-order valence-corrected chi connectivity index (χ3v) is 6.26. The van der Waals surface area contributed by atoms with Gasteiger partial charge in [-0.1, -0.05) is 24.3 Å². The molecule has 0 aliphatic carbocycles. The Labute approximate surface area is 202 Å². The van der Waals surface area contributed by atoms with E-state index in [-0.39, 0.29) is 24.4 Å². The van der Waals surface area contributed by atoms with Crippen molar-refractivity contribution >= 4 is 17.2 Å². The number of rotatable bonds is 8. The molecule has 35 heavy (non-hydrogen) atoms. The third kappa shape index (κ3) is 5.43. The molecule has 0 bridgehead atoms. The van der Waals surface area contributed by atoms with Crippen molar-refractivity contribution < 1.29 is 22.7 Å². The number of carbonyl (C=O) groups excluding carboxylic acids is 1. The van der Waals surface area contributed by atoms with E-state index in [0.29, 0.717) is 35.7 Å². The Hall–Kier alpha value is -3.52. The van der Waals surface area contributed by atoms with Gasteiger partial charge in [0, 0.05) is 56.3 Å². The Morgan fingerprint density at radius 3 is 2.46 bits per heavy atom. The summed E-state index contributed by atoms with van der Waals surface area (Å²) in [6.45, 7) is 1.38. The number of alkyl halides is 3. The summed E-state index contributed by atoms with van der Waals surface area (Å²) in [5.41, 5.74) is 1.89. The van der Waals surface area contributed by atoms with Gasteiger partial charge in [0.1, 0.15) is 5.75 Å². The van der Waals surface area contributed by atoms with E-state index in [4.69, 9.17) is 4.74 Å². The molecule has 0 saturated carbocycles. The largest absolute Gasteiger partial charge is 0.497 e. The van der Waals surface area contributed by atoms with Crippen molar-refractivity contribution in [2.24, 2.45) is 7.05 Å². The number of hydrogen-bond donors (Lipinski definition) is 1. The van der Waals surface area contributed by atoms with Crippen molar-refractivity contribution in [3.05, 3.63) is 89.3 Å². The molecule has 3 aromatic rings. The molecule has 0 fully saturated rings. The molecule has 0 radical (unpaired) electrons. The van der Waals surface area contributed by atoms with Gasteiger partial charge in [-0.15, -0.1) is 0 Å². The molecular weight excluding hydrogens is 455 g/mol. The topological polar surface area (TPSA) is 46.5 Å². The fraction of sp³-hybridized carbons (Fsp3) is 0.296. The highest BCUT2D eigenvalue weighted by molar-refractivity contribution is 6.27. The van der Waals surface area contributed by atoms with E-state index < -0.39 is 11.7 Å². The highest BCUT2D eigenvalue weighted by Gasteiger charge is 2.36. The van der Waals surface area contributed by atoms with Crippen LogP contribution in [0.1, 0.15) is 22.4 Å². The predicted molar refractivity (Wildman–Crippen MR) is 130 cm³/mol. The second-order valence-electron chi connectivity index (χ2n) is 8.42. The molecule has 1 N–H and O–H groups in total. The minimum Gasteiger partial charge on any atom is -0.497 e. The molecule has 0 saturated heterocycles. The first-order chi connectivity index (χ1) is 16.8. The number of hydrogen-bond acceptors (Lipinski definition) is 3. The number of nitrogens with zero attached hydrogens (tertiary/aromatic N) is 2. The summed E-state index contributed by atoms with van der Waals surface area (Å²) in [6, 6.07) is 15.0. The molecule has 2 aromatic carbocycles. The van der Waals surface area contributed by atoms with Crippen molar-refractivity contribution in [2.75, 3.05) is 31.6 Å². The number of aryl methyl sites for hydroxylation is 1. The lowest BCUT2D eigenvalue weighted by atomic mass is 10.00. The van der Waals surface area contributed by atoms with Gasteiger partial charge in [-0.3, -0.25) is 4.79 Å². The summed E-state index contributed by atoms with van der Waals surface area (Å²) in [4.78, 5) is 15.1. The highest BCUT2D eigenvalue weighted by atomic mass is 19.4. The average molecular weight is 484 g/mol. The maximum Gasteiger partial charge on any atom is 0.416 e. The van der Waals surface area contributed by atoms with Gasteiger partial charge in [-0.2, -0.15) is 13.2 Å². The van der Waals surface area contributed by atoms with Crippen LogP contribution in [-0.4, -0.2) is 37.2 Å². The lowest BCUT2D eigenvalue weighted by Gasteiger charge is -2.26. The van der Waals surface area contributed by atoms with Gasteiger partial charge in [0.25, 0.3) is 5.91 Å². The molecule has 8 heteroatoms. The maximum absolute atomic E-state index is 13.8. The summed E-state index contributed by atoms with van der Waals surface area (Å²) in [7, 11) is 3.53. The zero-order valence-electron chi connectivity index (χ0n) is 19.7. The summed E-state index contributed by atoms with van der Waals surface area (Å²) >= 11 is 0. The van der Waals surface area contributed by atoms with Crippen LogP contribution in [0.15, 0.2) is 66.9 Å². The van der Waals surface area contributed by atoms with E-state index in [2.05, 4.69) is 5.32 Å². The van der Waals surface area contributed by atoms with Gasteiger partial charge in [-0.25, -0.2) is 0 Å². The van der Waals surface area contributed by atoms with E-state index in [1.54, 1.807) is 43.5 Å². The number of aromatic nitrogens is 1. The number of benzene rings is 2. The number of halogens is 3. The summed E-state index contributed by atoms with van der Waals surface area (Å²) < 4.78 is 48.6. The van der Waals surface area contributed by atoms with Crippen molar-refractivity contribution in [1.82, 2.24) is 9.88 Å². The number of anilines is 1. The molecule has 4 rings (SSSR count). The molecular formula is C27H28F3N3O2. The molecule has 1 aliphatic rings. The Kier molecular flexibility index (Phi) is 7.31. The number of allylic oxidation sites excluding steroid dienone is 1. The minimum absolute atomic E-state index is 0.00946. The van der Waals surface area contributed by atoms with Crippen LogP contribution in [0, 0.1) is 0 Å². The normalized spacial score (nSPS) is 13.9. The second kappa shape index (κ2) is 10.4. The summed E-state index contributed by atoms with van der Waals surface area (Å²) in [6.07, 6.45) is -0.112. The standard InChI is InChI=1S/C27H28F3N3O2/c1-32-17-4-5-20(32)14-15-31-16-18-33-25-7-3-6-24(27(28,29)30)23(25)13-12-22(26(33)34)19-8-10-21(35-2)11-9-19/h3-12,17,31H,13-16,18H2,1-2H3. The van der Waals surface area contributed by atoms with E-state index in [1.807, 2.05) is 29.9 Å². The smallest absolute Gasteiger partial charge is 0.416 e. The lowest BCUT2D eigenvalue weighted by molar-refractivity contribution is -0.138. The van der Waals surface area contributed by atoms with Crippen LogP contribution in [0.5, 0.6) is 5.75 Å². The Balaban J connectivity index is 1.59. The quantitative estimate of drug-likeness (QED) is 0.466. The molecule has 0 spiro atoms. The SMILES string of the molecule is COc1ccc(C2=CCc3c(cccc3C(F)(F)F)N(CCNCCc3cccn3C)C2=O)cc1. The summed E-state index contributed by atoms with van der Waals surface area (Å²) in [5.74, 6) is 0.315. The van der Waals surface area contributed by atoms with E-state index >= 15 is 0 Å². The van der Waals surface area contributed by atoms with E-state index in [0.717, 1.165) is 12.5 Å². The number of ether oxygens (including phenoxy) is 1. The van der Waals surface area contributed by atoms with Gasteiger partial charge in [0.05, 0.1) is 12.7 Å². The van der Waals surface area contributed by atoms with Crippen LogP contribution in [0.2, 0.25) is 0 Å². The molecule has 0 unspecified atom stereocenters. The first-order valence-corrected chi connectivity index (χ1v) is 11.5. The third-order valence-electron chi connectivity index (χ3n) is 6.26. The molecule has 0 atom stereocenters. The number of fused-ring (bicyclic) bond motifs is 1. The predicted octanol–water partition coefficient (Wildman–Crippen LogP) is 4.86. The Morgan fingerprint density at radius 2 is 1.80 bits per heavy atom. The number of amides is 1. The summed E-state index contributed by atoms with van der Waals surface area (Å²) in [5, 5.41) is 3.32. The zero-order chi connectivity index (χ0) is 25.0. The minimum atomic E-state index is -4.51. The van der Waals surface area contributed by atoms with Gasteiger partial charge >= 0.3 is 6.18 Å². The fourth-order valence-electron chi connectivity index (χ4n) is 4.38. The highest BCUT2D eigenvalue weighted by Crippen LogP contribution is 2.39. The van der Waals surface area contributed by atoms with Gasteiger partial charge < -0.3 is 19.5 Å². The first-order valence-electron chi connectivity index (χ1n) is 11.5. The van der Waals surface area contributed by atoms with Crippen LogP contribution < -0.4 is 15.0 Å².